The minimum Gasteiger partial charge on any atom is -0.490 e. The van der Waals surface area contributed by atoms with Gasteiger partial charge in [-0.3, -0.25) is 20.2 Å². The van der Waals surface area contributed by atoms with Crippen molar-refractivity contribution < 1.29 is 38.5 Å². The average molecular weight is 549 g/mol. The summed E-state index contributed by atoms with van der Waals surface area (Å²) in [5.74, 6) is -1.36. The number of oxime groups is 1. The van der Waals surface area contributed by atoms with Crippen LogP contribution in [0.3, 0.4) is 0 Å². The maximum Gasteiger partial charge on any atom is 0.365 e. The molecule has 0 saturated heterocycles. The van der Waals surface area contributed by atoms with E-state index in [2.05, 4.69) is 5.16 Å². The molecule has 0 aromatic heterocycles. The fraction of sp³-hybridized carbons (Fsp3) is 0.222. The Morgan fingerprint density at radius 1 is 0.800 bits per heavy atom. The van der Waals surface area contributed by atoms with E-state index in [1.54, 1.807) is 19.1 Å². The van der Waals surface area contributed by atoms with E-state index in [0.29, 0.717) is 36.1 Å². The van der Waals surface area contributed by atoms with Gasteiger partial charge in [0.2, 0.25) is 0 Å². The summed E-state index contributed by atoms with van der Waals surface area (Å²) in [6.07, 6.45) is 1.83. The van der Waals surface area contributed by atoms with Crippen LogP contribution in [0.4, 0.5) is 11.4 Å². The second-order valence-electron chi connectivity index (χ2n) is 8.72. The molecule has 13 nitrogen and oxygen atoms in total. The monoisotopic (exact) mass is 549 g/mol. The van der Waals surface area contributed by atoms with Crippen molar-refractivity contribution in [2.75, 3.05) is 14.2 Å². The first kappa shape index (κ1) is 27.7. The number of benzene rings is 3. The maximum atomic E-state index is 12.8. The highest BCUT2D eigenvalue weighted by atomic mass is 16.7. The summed E-state index contributed by atoms with van der Waals surface area (Å²) in [6.45, 7) is 1.72. The summed E-state index contributed by atoms with van der Waals surface area (Å²) in [6, 6.07) is 10.9. The van der Waals surface area contributed by atoms with Crippen LogP contribution in [0.25, 0.3) is 0 Å². The molecule has 0 atom stereocenters. The number of hydrogen-bond acceptors (Lipinski definition) is 11. The molecule has 1 aliphatic carbocycles. The highest BCUT2D eigenvalue weighted by Gasteiger charge is 2.24. The summed E-state index contributed by atoms with van der Waals surface area (Å²) in [4.78, 5) is 51.7. The summed E-state index contributed by atoms with van der Waals surface area (Å²) in [5.41, 5.74) is 1.76. The molecule has 40 heavy (non-hydrogen) atoms. The Hall–Kier alpha value is -5.33. The molecule has 0 aliphatic heterocycles. The topological polar surface area (TPSA) is 170 Å². The van der Waals surface area contributed by atoms with Crippen LogP contribution >= 0.6 is 0 Å². The molecule has 0 N–H and O–H groups in total. The van der Waals surface area contributed by atoms with Crippen molar-refractivity contribution in [1.29, 1.82) is 0 Å². The largest absolute Gasteiger partial charge is 0.490 e. The Labute approximate surface area is 227 Å². The zero-order valence-electron chi connectivity index (χ0n) is 21.7. The van der Waals surface area contributed by atoms with Crippen molar-refractivity contribution in [1.82, 2.24) is 0 Å². The van der Waals surface area contributed by atoms with E-state index in [0.717, 1.165) is 17.7 Å². The van der Waals surface area contributed by atoms with E-state index < -0.39 is 21.8 Å². The van der Waals surface area contributed by atoms with E-state index in [1.165, 1.54) is 38.5 Å². The van der Waals surface area contributed by atoms with Gasteiger partial charge in [0.05, 0.1) is 40.9 Å². The van der Waals surface area contributed by atoms with Crippen molar-refractivity contribution in [3.8, 4) is 17.2 Å². The third-order valence-corrected chi connectivity index (χ3v) is 6.24. The first-order chi connectivity index (χ1) is 19.1. The van der Waals surface area contributed by atoms with Gasteiger partial charge in [-0.05, 0) is 73.7 Å². The van der Waals surface area contributed by atoms with Crippen molar-refractivity contribution in [2.24, 2.45) is 5.16 Å². The molecular formula is C27H23N3O10. The molecule has 0 bridgehead atoms. The van der Waals surface area contributed by atoms with Crippen LogP contribution < -0.4 is 14.2 Å². The zero-order valence-corrected chi connectivity index (χ0v) is 21.7. The molecule has 0 unspecified atom stereocenters. The van der Waals surface area contributed by atoms with Crippen molar-refractivity contribution in [3.63, 3.8) is 0 Å². The molecule has 0 radical (unpaired) electrons. The molecule has 0 saturated carbocycles. The van der Waals surface area contributed by atoms with E-state index in [9.17, 15) is 29.8 Å². The molecule has 4 rings (SSSR count). The van der Waals surface area contributed by atoms with Gasteiger partial charge in [-0.15, -0.1) is 0 Å². The summed E-state index contributed by atoms with van der Waals surface area (Å²) < 4.78 is 15.5. The number of nitrogens with zero attached hydrogens (tertiary/aromatic N) is 3. The molecule has 1 aliphatic rings. The van der Waals surface area contributed by atoms with Gasteiger partial charge in [0.25, 0.3) is 0 Å². The van der Waals surface area contributed by atoms with Crippen LogP contribution in [0.15, 0.2) is 53.7 Å². The SMILES string of the molecule is COc1ccc(C(=O)ON=C2CCCc3cc(OC(=O)c4ccc(OC)c([N+](=O)[O-])c4)c(C)cc32)cc1[N+](=O)[O-]. The van der Waals surface area contributed by atoms with Crippen molar-refractivity contribution in [2.45, 2.75) is 26.2 Å². The fourth-order valence-electron chi connectivity index (χ4n) is 4.22. The van der Waals surface area contributed by atoms with Crippen LogP contribution in [0.2, 0.25) is 0 Å². The highest BCUT2D eigenvalue weighted by Crippen LogP contribution is 2.32. The lowest BCUT2D eigenvalue weighted by atomic mass is 9.88. The maximum absolute atomic E-state index is 12.8. The van der Waals surface area contributed by atoms with Gasteiger partial charge in [-0.1, -0.05) is 5.16 Å². The predicted molar refractivity (Wildman–Crippen MR) is 140 cm³/mol. The number of methoxy groups -OCH3 is 2. The minimum atomic E-state index is -0.874. The van der Waals surface area contributed by atoms with E-state index >= 15 is 0 Å². The fourth-order valence-corrected chi connectivity index (χ4v) is 4.22. The number of rotatable bonds is 8. The van der Waals surface area contributed by atoms with Gasteiger partial charge in [0.15, 0.2) is 11.5 Å². The summed E-state index contributed by atoms with van der Waals surface area (Å²) in [5, 5.41) is 26.6. The number of nitro groups is 2. The van der Waals surface area contributed by atoms with Gasteiger partial charge in [-0.2, -0.15) is 0 Å². The summed E-state index contributed by atoms with van der Waals surface area (Å²) in [7, 11) is 2.58. The molecule has 0 spiro atoms. The van der Waals surface area contributed by atoms with E-state index in [1.807, 2.05) is 0 Å². The molecule has 0 heterocycles. The van der Waals surface area contributed by atoms with Crippen molar-refractivity contribution >= 4 is 29.0 Å². The number of ether oxygens (including phenoxy) is 3. The highest BCUT2D eigenvalue weighted by molar-refractivity contribution is 6.03. The number of carbonyl (C=O) groups excluding carboxylic acids is 2. The smallest absolute Gasteiger partial charge is 0.365 e. The lowest BCUT2D eigenvalue weighted by molar-refractivity contribution is -0.385. The molecule has 13 heteroatoms. The van der Waals surface area contributed by atoms with E-state index in [4.69, 9.17) is 19.0 Å². The Morgan fingerprint density at radius 2 is 1.38 bits per heavy atom. The van der Waals surface area contributed by atoms with Gasteiger partial charge in [0.1, 0.15) is 5.75 Å². The second kappa shape index (κ2) is 11.6. The molecule has 3 aromatic carbocycles. The molecule has 206 valence electrons. The van der Waals surface area contributed by atoms with Gasteiger partial charge in [-0.25, -0.2) is 9.59 Å². The zero-order chi connectivity index (χ0) is 29.0. The lowest BCUT2D eigenvalue weighted by Gasteiger charge is -2.20. The van der Waals surface area contributed by atoms with Crippen LogP contribution in [-0.4, -0.2) is 41.7 Å². The third kappa shape index (κ3) is 5.72. The number of nitro benzene ring substituents is 2. The lowest BCUT2D eigenvalue weighted by Crippen LogP contribution is -2.16. The van der Waals surface area contributed by atoms with E-state index in [-0.39, 0.29) is 39.8 Å². The van der Waals surface area contributed by atoms with Gasteiger partial charge >= 0.3 is 23.3 Å². The van der Waals surface area contributed by atoms with Gasteiger partial charge < -0.3 is 19.0 Å². The van der Waals surface area contributed by atoms with Gasteiger partial charge in [0, 0.05) is 17.7 Å². The molecule has 0 amide bonds. The second-order valence-corrected chi connectivity index (χ2v) is 8.72. The minimum absolute atomic E-state index is 0.00580. The standard InChI is InChI=1S/C27H23N3O10/c1-15-11-19-16(14-25(15)39-26(31)17-7-9-23(37-2)21(12-17)29(33)34)5-4-6-20(19)28-40-27(32)18-8-10-24(38-3)22(13-18)30(35)36/h7-14H,4-6H2,1-3H3. The Morgan fingerprint density at radius 3 is 1.93 bits per heavy atom. The average Bonchev–Trinajstić information content (AvgIpc) is 2.95. The number of carbonyl (C=O) groups is 2. The molecule has 3 aromatic rings. The quantitative estimate of drug-likeness (QED) is 0.123. The number of esters is 1. The third-order valence-electron chi connectivity index (χ3n) is 6.24. The van der Waals surface area contributed by atoms with Crippen LogP contribution in [0, 0.1) is 27.2 Å². The number of aryl methyl sites for hydroxylation is 2. The van der Waals surface area contributed by atoms with Crippen LogP contribution in [-0.2, 0) is 11.3 Å². The molecular weight excluding hydrogens is 526 g/mol. The number of fused-ring (bicyclic) bond motifs is 1. The van der Waals surface area contributed by atoms with Crippen LogP contribution in [0.5, 0.6) is 17.2 Å². The number of hydrogen-bond donors (Lipinski definition) is 0. The summed E-state index contributed by atoms with van der Waals surface area (Å²) >= 11 is 0. The first-order valence-corrected chi connectivity index (χ1v) is 11.9. The first-order valence-electron chi connectivity index (χ1n) is 11.9. The van der Waals surface area contributed by atoms with Crippen LogP contribution in [0.1, 0.15) is 50.2 Å². The Kier molecular flexibility index (Phi) is 8.03. The van der Waals surface area contributed by atoms with Crippen molar-refractivity contribution in [3.05, 3.63) is 96.6 Å². The molecule has 0 fully saturated rings. The Balaban J connectivity index is 1.55. The predicted octanol–water partition coefficient (Wildman–Crippen LogP) is 4.95. The normalized spacial score (nSPS) is 13.2. The Bertz CT molecular complexity index is 1560.